The molecular weight excluding hydrogens is 207 g/mol. The predicted octanol–water partition coefficient (Wildman–Crippen LogP) is 3.21. The van der Waals surface area contributed by atoms with Crippen molar-refractivity contribution in [2.45, 2.75) is 0 Å². The molecule has 0 atom stereocenters. The number of benzene rings is 2. The molecule has 2 rings (SSSR count). The van der Waals surface area contributed by atoms with E-state index in [-0.39, 0.29) is 5.75 Å². The minimum Gasteiger partial charge on any atom is -0.504 e. The molecule has 0 fully saturated rings. The molecule has 0 aliphatic heterocycles. The molecule has 0 aliphatic rings. The van der Waals surface area contributed by atoms with Crippen LogP contribution in [0.2, 0.25) is 0 Å². The Morgan fingerprint density at radius 3 is 2.38 bits per heavy atom. The summed E-state index contributed by atoms with van der Waals surface area (Å²) in [4.78, 5) is 0. The monoisotopic (exact) mass is 218 g/mol. The predicted molar refractivity (Wildman–Crippen MR) is 60.1 cm³/mol. The third-order valence-electron chi connectivity index (χ3n) is 2.39. The highest BCUT2D eigenvalue weighted by Crippen LogP contribution is 2.31. The van der Waals surface area contributed by atoms with Crippen molar-refractivity contribution in [1.82, 2.24) is 0 Å². The van der Waals surface area contributed by atoms with E-state index in [9.17, 15) is 9.50 Å². The SMILES string of the molecule is COc1ccc(-c2cccc(F)c2O)cc1. The van der Waals surface area contributed by atoms with E-state index in [1.165, 1.54) is 6.07 Å². The Morgan fingerprint density at radius 2 is 1.75 bits per heavy atom. The molecule has 0 saturated carbocycles. The highest BCUT2D eigenvalue weighted by atomic mass is 19.1. The fourth-order valence-corrected chi connectivity index (χ4v) is 1.52. The summed E-state index contributed by atoms with van der Waals surface area (Å²) < 4.78 is 18.2. The minimum atomic E-state index is -0.617. The van der Waals surface area contributed by atoms with Crippen LogP contribution < -0.4 is 4.74 Å². The fraction of sp³-hybridized carbons (Fsp3) is 0.0769. The number of aromatic hydroxyl groups is 1. The van der Waals surface area contributed by atoms with E-state index in [0.29, 0.717) is 5.56 Å². The number of para-hydroxylation sites is 1. The number of hydrogen-bond donors (Lipinski definition) is 1. The Balaban J connectivity index is 2.46. The molecule has 0 radical (unpaired) electrons. The number of ether oxygens (including phenoxy) is 1. The second-order valence-corrected chi connectivity index (χ2v) is 3.36. The quantitative estimate of drug-likeness (QED) is 0.838. The van der Waals surface area contributed by atoms with E-state index in [1.807, 2.05) is 0 Å². The third kappa shape index (κ3) is 1.84. The summed E-state index contributed by atoms with van der Waals surface area (Å²) in [5, 5.41) is 9.57. The largest absolute Gasteiger partial charge is 0.504 e. The third-order valence-corrected chi connectivity index (χ3v) is 2.39. The smallest absolute Gasteiger partial charge is 0.165 e. The van der Waals surface area contributed by atoms with Crippen LogP contribution in [0.4, 0.5) is 4.39 Å². The van der Waals surface area contributed by atoms with Gasteiger partial charge in [0.05, 0.1) is 7.11 Å². The van der Waals surface area contributed by atoms with Gasteiger partial charge >= 0.3 is 0 Å². The lowest BCUT2D eigenvalue weighted by molar-refractivity contribution is 0.415. The number of methoxy groups -OCH3 is 1. The van der Waals surface area contributed by atoms with Crippen LogP contribution in [0, 0.1) is 5.82 Å². The topological polar surface area (TPSA) is 29.5 Å². The van der Waals surface area contributed by atoms with Crippen molar-refractivity contribution in [3.05, 3.63) is 48.3 Å². The number of phenols is 1. The molecule has 0 amide bonds. The van der Waals surface area contributed by atoms with E-state index in [1.54, 1.807) is 43.5 Å². The summed E-state index contributed by atoms with van der Waals surface area (Å²) in [7, 11) is 1.58. The maximum atomic E-state index is 13.1. The van der Waals surface area contributed by atoms with Gasteiger partial charge in [0.1, 0.15) is 5.75 Å². The number of phenolic OH excluding ortho intramolecular Hbond substituents is 1. The van der Waals surface area contributed by atoms with Crippen molar-refractivity contribution >= 4 is 0 Å². The van der Waals surface area contributed by atoms with E-state index < -0.39 is 5.82 Å². The maximum Gasteiger partial charge on any atom is 0.165 e. The molecule has 0 spiro atoms. The molecule has 16 heavy (non-hydrogen) atoms. The van der Waals surface area contributed by atoms with E-state index in [0.717, 1.165) is 11.3 Å². The summed E-state index contributed by atoms with van der Waals surface area (Å²) in [5.74, 6) is -0.222. The second-order valence-electron chi connectivity index (χ2n) is 3.36. The summed E-state index contributed by atoms with van der Waals surface area (Å²) >= 11 is 0. The molecule has 0 heterocycles. The van der Waals surface area contributed by atoms with Gasteiger partial charge in [-0.3, -0.25) is 0 Å². The Kier molecular flexibility index (Phi) is 2.77. The van der Waals surface area contributed by atoms with Gasteiger partial charge in [0.25, 0.3) is 0 Å². The van der Waals surface area contributed by atoms with Gasteiger partial charge in [-0.1, -0.05) is 24.3 Å². The first kappa shape index (κ1) is 10.5. The second kappa shape index (κ2) is 4.23. The molecular formula is C13H11FO2. The van der Waals surface area contributed by atoms with Gasteiger partial charge in [-0.2, -0.15) is 0 Å². The number of halogens is 1. The van der Waals surface area contributed by atoms with Gasteiger partial charge < -0.3 is 9.84 Å². The zero-order valence-electron chi connectivity index (χ0n) is 8.77. The van der Waals surface area contributed by atoms with Crippen molar-refractivity contribution in [3.63, 3.8) is 0 Å². The lowest BCUT2D eigenvalue weighted by Gasteiger charge is -2.06. The van der Waals surface area contributed by atoms with Crippen LogP contribution in [-0.4, -0.2) is 12.2 Å². The molecule has 0 aliphatic carbocycles. The molecule has 2 aromatic carbocycles. The summed E-state index contributed by atoms with van der Waals surface area (Å²) in [5.41, 5.74) is 1.22. The number of rotatable bonds is 2. The van der Waals surface area contributed by atoms with Crippen molar-refractivity contribution in [1.29, 1.82) is 0 Å². The average molecular weight is 218 g/mol. The molecule has 2 nitrogen and oxygen atoms in total. The van der Waals surface area contributed by atoms with Gasteiger partial charge in [-0.25, -0.2) is 4.39 Å². The van der Waals surface area contributed by atoms with Crippen molar-refractivity contribution in [3.8, 4) is 22.6 Å². The Labute approximate surface area is 92.9 Å². The molecule has 0 saturated heterocycles. The Hall–Kier alpha value is -2.03. The Morgan fingerprint density at radius 1 is 1.06 bits per heavy atom. The van der Waals surface area contributed by atoms with Crippen LogP contribution in [0.25, 0.3) is 11.1 Å². The van der Waals surface area contributed by atoms with Crippen molar-refractivity contribution < 1.29 is 14.2 Å². The molecule has 1 N–H and O–H groups in total. The summed E-state index contributed by atoms with van der Waals surface area (Å²) in [6.07, 6.45) is 0. The van der Waals surface area contributed by atoms with Crippen molar-refractivity contribution in [2.75, 3.05) is 7.11 Å². The van der Waals surface area contributed by atoms with Crippen LogP contribution in [-0.2, 0) is 0 Å². The van der Waals surface area contributed by atoms with Gasteiger partial charge in [-0.05, 0) is 23.8 Å². The van der Waals surface area contributed by atoms with Crippen LogP contribution >= 0.6 is 0 Å². The lowest BCUT2D eigenvalue weighted by Crippen LogP contribution is -1.84. The molecule has 0 unspecified atom stereocenters. The molecule has 0 bridgehead atoms. The Bertz CT molecular complexity index is 492. The molecule has 2 aromatic rings. The first-order valence-electron chi connectivity index (χ1n) is 4.84. The lowest BCUT2D eigenvalue weighted by atomic mass is 10.0. The van der Waals surface area contributed by atoms with Crippen LogP contribution in [0.5, 0.6) is 11.5 Å². The average Bonchev–Trinajstić information content (AvgIpc) is 2.33. The van der Waals surface area contributed by atoms with Gasteiger partial charge in [0, 0.05) is 5.56 Å². The first-order valence-corrected chi connectivity index (χ1v) is 4.84. The van der Waals surface area contributed by atoms with E-state index >= 15 is 0 Å². The zero-order valence-corrected chi connectivity index (χ0v) is 8.77. The van der Waals surface area contributed by atoms with Crippen LogP contribution in [0.15, 0.2) is 42.5 Å². The van der Waals surface area contributed by atoms with Gasteiger partial charge in [0.2, 0.25) is 0 Å². The van der Waals surface area contributed by atoms with E-state index in [4.69, 9.17) is 4.74 Å². The summed E-state index contributed by atoms with van der Waals surface area (Å²) in [6, 6.07) is 11.5. The van der Waals surface area contributed by atoms with Crippen LogP contribution in [0.1, 0.15) is 0 Å². The van der Waals surface area contributed by atoms with Crippen molar-refractivity contribution in [2.24, 2.45) is 0 Å². The molecule has 3 heteroatoms. The highest BCUT2D eigenvalue weighted by molar-refractivity contribution is 5.70. The number of hydrogen-bond acceptors (Lipinski definition) is 2. The minimum absolute atomic E-state index is 0.326. The molecule has 0 aromatic heterocycles. The zero-order chi connectivity index (χ0) is 11.5. The fourth-order valence-electron chi connectivity index (χ4n) is 1.52. The van der Waals surface area contributed by atoms with Gasteiger partial charge in [0.15, 0.2) is 11.6 Å². The first-order chi connectivity index (χ1) is 7.72. The normalized spacial score (nSPS) is 10.1. The van der Waals surface area contributed by atoms with Crippen LogP contribution in [0.3, 0.4) is 0 Å². The molecule has 82 valence electrons. The maximum absolute atomic E-state index is 13.1. The highest BCUT2D eigenvalue weighted by Gasteiger charge is 2.08. The van der Waals surface area contributed by atoms with E-state index in [2.05, 4.69) is 0 Å². The standard InChI is InChI=1S/C13H11FO2/c1-16-10-7-5-9(6-8-10)11-3-2-4-12(14)13(11)15/h2-8,15H,1H3. The van der Waals surface area contributed by atoms with Gasteiger partial charge in [-0.15, -0.1) is 0 Å². The summed E-state index contributed by atoms with van der Waals surface area (Å²) in [6.45, 7) is 0.